The zero-order chi connectivity index (χ0) is 40.0. The van der Waals surface area contributed by atoms with Crippen LogP contribution in [0, 0.1) is 0 Å². The van der Waals surface area contributed by atoms with Gasteiger partial charge in [0.1, 0.15) is 0 Å². The van der Waals surface area contributed by atoms with Crippen molar-refractivity contribution in [3.8, 4) is 0 Å². The van der Waals surface area contributed by atoms with Crippen molar-refractivity contribution in [1.29, 1.82) is 0 Å². The van der Waals surface area contributed by atoms with Gasteiger partial charge in [-0.2, -0.15) is 0 Å². The van der Waals surface area contributed by atoms with Crippen molar-refractivity contribution in [3.63, 3.8) is 0 Å². The monoisotopic (exact) mass is 787 g/mol. The van der Waals surface area contributed by atoms with Gasteiger partial charge in [-0.3, -0.25) is 29.0 Å². The summed E-state index contributed by atoms with van der Waals surface area (Å²) in [6, 6.07) is 15.1. The molecule has 0 saturated carbocycles. The summed E-state index contributed by atoms with van der Waals surface area (Å²) < 4.78 is 6.55. The number of hydrogen-bond donors (Lipinski definition) is 4. The van der Waals surface area contributed by atoms with E-state index < -0.39 is 0 Å². The fourth-order valence-corrected chi connectivity index (χ4v) is 8.96. The van der Waals surface area contributed by atoms with E-state index in [0.717, 1.165) is 141 Å². The minimum Gasteiger partial charge on any atom is -0.375 e. The van der Waals surface area contributed by atoms with Gasteiger partial charge in [-0.15, -0.1) is 0 Å². The molecule has 4 heterocycles. The number of Topliss-reactive ketones (excluding diaryl/α,β-unsaturated/α-hetero) is 2. The van der Waals surface area contributed by atoms with Gasteiger partial charge in [0.05, 0.1) is 37.4 Å². The summed E-state index contributed by atoms with van der Waals surface area (Å²) >= 11 is 0. The Kier molecular flexibility index (Phi) is 16.6. The fourth-order valence-electron chi connectivity index (χ4n) is 8.96. The molecule has 2 unspecified atom stereocenters. The van der Waals surface area contributed by atoms with Crippen molar-refractivity contribution in [2.45, 2.75) is 102 Å². The molecule has 13 nitrogen and oxygen atoms in total. The first-order valence-corrected chi connectivity index (χ1v) is 21.5. The van der Waals surface area contributed by atoms with Crippen LogP contribution in [0.1, 0.15) is 96.1 Å². The SMILES string of the molecule is NC(=O)C1CCCCN1Cc1ccc(C(=O)CNCCN2CCC(OC3CCN(CCNCC(=O)c4ccc(CN5CCCCC5C(N)=O)cc4)CC3)CC2)cc1. The summed E-state index contributed by atoms with van der Waals surface area (Å²) in [6.45, 7) is 11.1. The highest BCUT2D eigenvalue weighted by Gasteiger charge is 2.29. The Bertz CT molecular complexity index is 1470. The van der Waals surface area contributed by atoms with Gasteiger partial charge in [0.25, 0.3) is 0 Å². The van der Waals surface area contributed by atoms with Crippen molar-refractivity contribution in [1.82, 2.24) is 30.2 Å². The highest BCUT2D eigenvalue weighted by Crippen LogP contribution is 2.23. The third-order valence-corrected chi connectivity index (χ3v) is 12.4. The van der Waals surface area contributed by atoms with Crippen LogP contribution >= 0.6 is 0 Å². The number of carbonyl (C=O) groups is 4. The lowest BCUT2D eigenvalue weighted by atomic mass is 10.00. The molecule has 6 rings (SSSR count). The van der Waals surface area contributed by atoms with E-state index in [0.29, 0.717) is 49.5 Å². The van der Waals surface area contributed by atoms with Crippen LogP contribution in [0.25, 0.3) is 0 Å². The lowest BCUT2D eigenvalue weighted by molar-refractivity contribution is -0.125. The predicted octanol–water partition coefficient (Wildman–Crippen LogP) is 2.56. The van der Waals surface area contributed by atoms with Gasteiger partial charge in [0.15, 0.2) is 11.6 Å². The number of nitrogens with zero attached hydrogens (tertiary/aromatic N) is 4. The summed E-state index contributed by atoms with van der Waals surface area (Å²) in [5.74, 6) is -0.330. The highest BCUT2D eigenvalue weighted by molar-refractivity contribution is 5.98. The molecule has 0 aromatic heterocycles. The van der Waals surface area contributed by atoms with E-state index in [1.807, 2.05) is 48.5 Å². The molecule has 2 atom stereocenters. The Morgan fingerprint density at radius 2 is 0.930 bits per heavy atom. The number of ether oxygens (including phenoxy) is 1. The smallest absolute Gasteiger partial charge is 0.234 e. The zero-order valence-corrected chi connectivity index (χ0v) is 33.9. The van der Waals surface area contributed by atoms with E-state index in [-0.39, 0.29) is 35.5 Å². The molecule has 4 saturated heterocycles. The van der Waals surface area contributed by atoms with Crippen molar-refractivity contribution in [3.05, 3.63) is 70.8 Å². The Labute approximate surface area is 339 Å². The average molecular weight is 787 g/mol. The second-order valence-electron chi connectivity index (χ2n) is 16.6. The van der Waals surface area contributed by atoms with Gasteiger partial charge in [-0.25, -0.2) is 0 Å². The Morgan fingerprint density at radius 3 is 1.30 bits per heavy atom. The number of likely N-dealkylation sites (tertiary alicyclic amines) is 4. The first-order valence-electron chi connectivity index (χ1n) is 21.5. The average Bonchev–Trinajstić information content (AvgIpc) is 3.23. The molecule has 0 bridgehead atoms. The number of nitrogens with two attached hydrogens (primary N) is 2. The van der Waals surface area contributed by atoms with Crippen LogP contribution in [0.15, 0.2) is 48.5 Å². The maximum atomic E-state index is 12.8. The number of rotatable bonds is 20. The minimum atomic E-state index is -0.251. The van der Waals surface area contributed by atoms with E-state index in [2.05, 4.69) is 30.2 Å². The number of amides is 2. The number of nitrogens with one attached hydrogen (secondary N) is 2. The third-order valence-electron chi connectivity index (χ3n) is 12.4. The zero-order valence-electron chi connectivity index (χ0n) is 33.9. The van der Waals surface area contributed by atoms with Gasteiger partial charge >= 0.3 is 0 Å². The maximum Gasteiger partial charge on any atom is 0.234 e. The second kappa shape index (κ2) is 22.0. The number of carbonyl (C=O) groups excluding carboxylic acids is 4. The number of hydrogen-bond acceptors (Lipinski definition) is 11. The molecule has 13 heteroatoms. The van der Waals surface area contributed by atoms with Gasteiger partial charge in [0, 0.05) is 76.6 Å². The maximum absolute atomic E-state index is 12.8. The van der Waals surface area contributed by atoms with E-state index in [9.17, 15) is 19.2 Å². The van der Waals surface area contributed by atoms with Crippen molar-refractivity contribution in [2.75, 3.05) is 78.5 Å². The van der Waals surface area contributed by atoms with Crippen LogP contribution in [-0.4, -0.2) is 146 Å². The normalized spacial score (nSPS) is 22.4. The number of piperidine rings is 4. The van der Waals surface area contributed by atoms with E-state index in [1.54, 1.807) is 0 Å². The molecule has 0 spiro atoms. The first-order chi connectivity index (χ1) is 27.7. The van der Waals surface area contributed by atoms with Crippen LogP contribution in [-0.2, 0) is 27.4 Å². The molecule has 57 heavy (non-hydrogen) atoms. The molecule has 0 aliphatic carbocycles. The molecule has 6 N–H and O–H groups in total. The van der Waals surface area contributed by atoms with E-state index in [1.165, 1.54) is 0 Å². The third kappa shape index (κ3) is 13.2. The van der Waals surface area contributed by atoms with Crippen LogP contribution in [0.5, 0.6) is 0 Å². The van der Waals surface area contributed by atoms with Gasteiger partial charge in [0.2, 0.25) is 11.8 Å². The van der Waals surface area contributed by atoms with Gasteiger partial charge in [-0.05, 0) is 75.6 Å². The van der Waals surface area contributed by atoms with Crippen molar-refractivity contribution >= 4 is 23.4 Å². The molecule has 4 aliphatic heterocycles. The summed E-state index contributed by atoms with van der Waals surface area (Å²) in [5.41, 5.74) is 14.8. The molecule has 2 aromatic rings. The highest BCUT2D eigenvalue weighted by atomic mass is 16.5. The molecule has 4 fully saturated rings. The van der Waals surface area contributed by atoms with Crippen LogP contribution in [0.4, 0.5) is 0 Å². The van der Waals surface area contributed by atoms with E-state index >= 15 is 0 Å². The van der Waals surface area contributed by atoms with Gasteiger partial charge < -0.3 is 36.6 Å². The summed E-state index contributed by atoms with van der Waals surface area (Å²) in [7, 11) is 0. The summed E-state index contributed by atoms with van der Waals surface area (Å²) in [4.78, 5) is 58.5. The molecule has 312 valence electrons. The largest absolute Gasteiger partial charge is 0.375 e. The minimum absolute atomic E-state index is 0.0866. The lowest BCUT2D eigenvalue weighted by Crippen LogP contribution is -2.47. The lowest BCUT2D eigenvalue weighted by Gasteiger charge is -2.37. The Morgan fingerprint density at radius 1 is 0.544 bits per heavy atom. The standard InChI is InChI=1S/C44H66N8O5/c45-43(55)39-5-1-3-21-51(39)31-33-7-11-35(12-8-33)41(53)29-47-19-27-49-23-15-37(16-24-49)57-38-17-25-50(26-18-38)28-20-48-30-42(54)36-13-9-34(10-14-36)32-52-22-4-2-6-40(52)44(46)56/h7-14,37-40,47-48H,1-6,15-32H2,(H2,45,55)(H2,46,56). The van der Waals surface area contributed by atoms with Crippen molar-refractivity contribution < 1.29 is 23.9 Å². The fraction of sp³-hybridized carbons (Fsp3) is 0.636. The van der Waals surface area contributed by atoms with E-state index in [4.69, 9.17) is 16.2 Å². The van der Waals surface area contributed by atoms with Crippen LogP contribution in [0.3, 0.4) is 0 Å². The molecular weight excluding hydrogens is 721 g/mol. The van der Waals surface area contributed by atoms with Crippen LogP contribution < -0.4 is 22.1 Å². The Balaban J connectivity index is 0.777. The second-order valence-corrected chi connectivity index (χ2v) is 16.6. The number of ketones is 2. The first kappa shape index (κ1) is 43.0. The molecule has 2 amide bonds. The van der Waals surface area contributed by atoms with Gasteiger partial charge in [-0.1, -0.05) is 61.4 Å². The number of benzene rings is 2. The summed E-state index contributed by atoms with van der Waals surface area (Å²) in [5, 5.41) is 6.68. The predicted molar refractivity (Wildman–Crippen MR) is 222 cm³/mol. The topological polar surface area (TPSA) is 167 Å². The van der Waals surface area contributed by atoms with Crippen LogP contribution in [0.2, 0.25) is 0 Å². The molecular formula is C44H66N8O5. The molecule has 4 aliphatic rings. The Hall–Kier alpha value is -3.56. The quantitative estimate of drug-likeness (QED) is 0.115. The molecule has 2 aromatic carbocycles. The summed E-state index contributed by atoms with van der Waals surface area (Å²) in [6.07, 6.45) is 10.6. The molecule has 0 radical (unpaired) electrons. The number of primary amides is 2. The van der Waals surface area contributed by atoms with Crippen molar-refractivity contribution in [2.24, 2.45) is 11.5 Å².